The predicted molar refractivity (Wildman–Crippen MR) is 63.4 cm³/mol. The van der Waals surface area contributed by atoms with Gasteiger partial charge < -0.3 is 11.1 Å². The average Bonchev–Trinajstić information content (AvgIpc) is 2.15. The van der Waals surface area contributed by atoms with Gasteiger partial charge in [0.1, 0.15) is 0 Å². The van der Waals surface area contributed by atoms with Crippen molar-refractivity contribution in [2.24, 2.45) is 5.73 Å². The van der Waals surface area contributed by atoms with Gasteiger partial charge in [0.2, 0.25) is 5.91 Å². The molecule has 4 heteroatoms. The van der Waals surface area contributed by atoms with Crippen LogP contribution in [0.4, 0.5) is 0 Å². The van der Waals surface area contributed by atoms with Crippen LogP contribution >= 0.6 is 11.8 Å². The first-order valence-electron chi connectivity index (χ1n) is 4.77. The zero-order valence-electron chi connectivity index (χ0n) is 8.95. The summed E-state index contributed by atoms with van der Waals surface area (Å²) in [5, 5.41) is 2.87. The Morgan fingerprint density at radius 3 is 2.86 bits per heavy atom. The fraction of sp³-hybridized carbons (Fsp3) is 0.700. The zero-order chi connectivity index (χ0) is 11.0. The maximum Gasteiger partial charge on any atom is 0.237 e. The van der Waals surface area contributed by atoms with Crippen molar-refractivity contribution in [3.8, 4) is 0 Å². The summed E-state index contributed by atoms with van der Waals surface area (Å²) in [7, 11) is 0. The van der Waals surface area contributed by atoms with Crippen molar-refractivity contribution >= 4 is 17.7 Å². The van der Waals surface area contributed by atoms with E-state index in [9.17, 15) is 4.79 Å². The average molecular weight is 216 g/mol. The van der Waals surface area contributed by atoms with Crippen LogP contribution in [-0.2, 0) is 4.79 Å². The third kappa shape index (κ3) is 6.05. The first-order chi connectivity index (χ1) is 6.61. The lowest BCUT2D eigenvalue weighted by Crippen LogP contribution is -2.44. The summed E-state index contributed by atoms with van der Waals surface area (Å²) in [6.45, 7) is 5.54. The van der Waals surface area contributed by atoms with Crippen molar-refractivity contribution in [3.05, 3.63) is 12.7 Å². The van der Waals surface area contributed by atoms with Gasteiger partial charge in [0, 0.05) is 6.04 Å². The molecule has 1 amide bonds. The summed E-state index contributed by atoms with van der Waals surface area (Å²) in [4.78, 5) is 11.4. The van der Waals surface area contributed by atoms with E-state index in [1.807, 2.05) is 6.92 Å². The molecule has 3 N–H and O–H groups in total. The third-order valence-corrected chi connectivity index (χ3v) is 2.54. The molecule has 3 nitrogen and oxygen atoms in total. The lowest BCUT2D eigenvalue weighted by atomic mass is 10.2. The second-order valence-corrected chi connectivity index (χ2v) is 4.31. The van der Waals surface area contributed by atoms with Gasteiger partial charge in [-0.3, -0.25) is 4.79 Å². The number of carbonyl (C=O) groups excluding carboxylic acids is 1. The van der Waals surface area contributed by atoms with Gasteiger partial charge >= 0.3 is 0 Å². The normalized spacial score (nSPS) is 14.5. The summed E-state index contributed by atoms with van der Waals surface area (Å²) in [5.74, 6) is 0.969. The fourth-order valence-electron chi connectivity index (χ4n) is 1.00. The molecule has 0 bridgehead atoms. The summed E-state index contributed by atoms with van der Waals surface area (Å²) in [5.41, 5.74) is 5.62. The minimum absolute atomic E-state index is 0.0847. The highest BCUT2D eigenvalue weighted by Gasteiger charge is 2.13. The van der Waals surface area contributed by atoms with E-state index >= 15 is 0 Å². The second kappa shape index (κ2) is 7.88. The van der Waals surface area contributed by atoms with Gasteiger partial charge in [-0.1, -0.05) is 6.08 Å². The van der Waals surface area contributed by atoms with E-state index in [1.54, 1.807) is 17.8 Å². The molecule has 0 aliphatic carbocycles. The minimum Gasteiger partial charge on any atom is -0.352 e. The van der Waals surface area contributed by atoms with Crippen LogP contribution in [0.3, 0.4) is 0 Å². The maximum atomic E-state index is 11.4. The van der Waals surface area contributed by atoms with Gasteiger partial charge in [-0.2, -0.15) is 11.8 Å². The Labute approximate surface area is 90.5 Å². The van der Waals surface area contributed by atoms with E-state index < -0.39 is 6.04 Å². The fourth-order valence-corrected chi connectivity index (χ4v) is 1.59. The van der Waals surface area contributed by atoms with Crippen molar-refractivity contribution in [1.29, 1.82) is 0 Å². The molecule has 2 atom stereocenters. The van der Waals surface area contributed by atoms with E-state index in [0.717, 1.165) is 12.2 Å². The molecule has 2 unspecified atom stereocenters. The van der Waals surface area contributed by atoms with E-state index in [1.165, 1.54) is 0 Å². The lowest BCUT2D eigenvalue weighted by Gasteiger charge is -2.16. The zero-order valence-corrected chi connectivity index (χ0v) is 9.77. The molecule has 0 aromatic carbocycles. The number of hydrogen-bond donors (Lipinski definition) is 2. The highest BCUT2D eigenvalue weighted by Crippen LogP contribution is 2.00. The number of nitrogens with one attached hydrogen (secondary N) is 1. The number of amides is 1. The Morgan fingerprint density at radius 1 is 1.71 bits per heavy atom. The molecular weight excluding hydrogens is 196 g/mol. The van der Waals surface area contributed by atoms with Gasteiger partial charge in [-0.15, -0.1) is 6.58 Å². The van der Waals surface area contributed by atoms with Crippen LogP contribution < -0.4 is 11.1 Å². The van der Waals surface area contributed by atoms with Crippen molar-refractivity contribution in [3.63, 3.8) is 0 Å². The molecule has 0 aliphatic rings. The minimum atomic E-state index is -0.454. The number of hydrogen-bond acceptors (Lipinski definition) is 3. The summed E-state index contributed by atoms with van der Waals surface area (Å²) in [6, 6.07) is -0.255. The largest absolute Gasteiger partial charge is 0.352 e. The highest BCUT2D eigenvalue weighted by molar-refractivity contribution is 7.98. The Morgan fingerprint density at radius 2 is 2.36 bits per heavy atom. The molecule has 14 heavy (non-hydrogen) atoms. The number of nitrogens with two attached hydrogens (primary N) is 1. The smallest absolute Gasteiger partial charge is 0.237 e. The first-order valence-corrected chi connectivity index (χ1v) is 6.17. The topological polar surface area (TPSA) is 55.1 Å². The van der Waals surface area contributed by atoms with E-state index in [2.05, 4.69) is 18.2 Å². The molecule has 0 aliphatic heterocycles. The van der Waals surface area contributed by atoms with Crippen molar-refractivity contribution in [2.45, 2.75) is 31.8 Å². The summed E-state index contributed by atoms with van der Waals surface area (Å²) < 4.78 is 0. The van der Waals surface area contributed by atoms with Crippen LogP contribution in [0.25, 0.3) is 0 Å². The van der Waals surface area contributed by atoms with Gasteiger partial charge in [-0.05, 0) is 31.8 Å². The van der Waals surface area contributed by atoms with Crippen molar-refractivity contribution < 1.29 is 4.79 Å². The molecular formula is C10H20N2OS. The van der Waals surface area contributed by atoms with Crippen LogP contribution in [0.5, 0.6) is 0 Å². The quantitative estimate of drug-likeness (QED) is 0.628. The van der Waals surface area contributed by atoms with Crippen LogP contribution in [-0.4, -0.2) is 30.0 Å². The van der Waals surface area contributed by atoms with Crippen LogP contribution in [0.2, 0.25) is 0 Å². The Kier molecular flexibility index (Phi) is 7.61. The first kappa shape index (κ1) is 13.5. The van der Waals surface area contributed by atoms with E-state index in [4.69, 9.17) is 5.73 Å². The van der Waals surface area contributed by atoms with Gasteiger partial charge in [0.25, 0.3) is 0 Å². The number of rotatable bonds is 7. The second-order valence-electron chi connectivity index (χ2n) is 3.32. The monoisotopic (exact) mass is 216 g/mol. The summed E-state index contributed by atoms with van der Waals surface area (Å²) in [6.07, 6.45) is 5.23. The Bertz CT molecular complexity index is 185. The highest BCUT2D eigenvalue weighted by atomic mass is 32.2. The summed E-state index contributed by atoms with van der Waals surface area (Å²) >= 11 is 1.78. The van der Waals surface area contributed by atoms with Crippen LogP contribution in [0, 0.1) is 0 Å². The molecule has 0 fully saturated rings. The Balaban J connectivity index is 3.74. The number of thioether (sulfide) groups is 1. The van der Waals surface area contributed by atoms with E-state index in [-0.39, 0.29) is 11.9 Å². The molecule has 0 saturated heterocycles. The molecule has 0 aromatic heterocycles. The van der Waals surface area contributed by atoms with E-state index in [0.29, 0.717) is 6.42 Å². The SMILES string of the molecule is C=CCC(N)C(=O)NC(C)CCSC. The van der Waals surface area contributed by atoms with Gasteiger partial charge in [-0.25, -0.2) is 0 Å². The molecule has 0 radical (unpaired) electrons. The van der Waals surface area contributed by atoms with Crippen molar-refractivity contribution in [1.82, 2.24) is 5.32 Å². The molecule has 0 rings (SSSR count). The van der Waals surface area contributed by atoms with Gasteiger partial charge in [0.15, 0.2) is 0 Å². The maximum absolute atomic E-state index is 11.4. The standard InChI is InChI=1S/C10H20N2OS/c1-4-5-9(11)10(13)12-8(2)6-7-14-3/h4,8-9H,1,5-7,11H2,2-3H3,(H,12,13). The van der Waals surface area contributed by atoms with Gasteiger partial charge in [0.05, 0.1) is 6.04 Å². The molecule has 82 valence electrons. The van der Waals surface area contributed by atoms with Crippen LogP contribution in [0.1, 0.15) is 19.8 Å². The Hall–Kier alpha value is -0.480. The molecule has 0 heterocycles. The predicted octanol–water partition coefficient (Wildman–Crippen LogP) is 1.15. The third-order valence-electron chi connectivity index (χ3n) is 1.90. The van der Waals surface area contributed by atoms with Crippen LogP contribution in [0.15, 0.2) is 12.7 Å². The molecule has 0 saturated carbocycles. The molecule has 0 spiro atoms. The van der Waals surface area contributed by atoms with Crippen molar-refractivity contribution in [2.75, 3.05) is 12.0 Å². The number of carbonyl (C=O) groups is 1. The lowest BCUT2D eigenvalue weighted by molar-refractivity contribution is -0.122. The molecule has 0 aromatic rings.